The van der Waals surface area contributed by atoms with Crippen LogP contribution in [0.2, 0.25) is 0 Å². The standard InChI is InChI=1S/C14H23NS/c1-10(2)16-9-14(15)8-13-6-5-11(3)12(4)7-13/h5-7,10,14H,8-9,15H2,1-4H3. The van der Waals surface area contributed by atoms with Gasteiger partial charge in [-0.2, -0.15) is 11.8 Å². The van der Waals surface area contributed by atoms with Gasteiger partial charge in [-0.1, -0.05) is 32.0 Å². The Morgan fingerprint density at radius 2 is 1.88 bits per heavy atom. The first-order chi connectivity index (χ1) is 7.49. The molecule has 0 saturated heterocycles. The van der Waals surface area contributed by atoms with Crippen molar-refractivity contribution in [3.05, 3.63) is 34.9 Å². The van der Waals surface area contributed by atoms with E-state index in [0.717, 1.165) is 12.2 Å². The zero-order valence-corrected chi connectivity index (χ0v) is 11.6. The van der Waals surface area contributed by atoms with Gasteiger partial charge in [-0.25, -0.2) is 0 Å². The molecule has 0 radical (unpaired) electrons. The summed E-state index contributed by atoms with van der Waals surface area (Å²) in [6.45, 7) is 8.74. The van der Waals surface area contributed by atoms with Gasteiger partial charge in [-0.15, -0.1) is 0 Å². The number of benzene rings is 1. The summed E-state index contributed by atoms with van der Waals surface area (Å²) in [6, 6.07) is 6.92. The number of aryl methyl sites for hydroxylation is 2. The Morgan fingerprint density at radius 1 is 1.19 bits per heavy atom. The summed E-state index contributed by atoms with van der Waals surface area (Å²) in [5.74, 6) is 1.05. The molecule has 1 unspecified atom stereocenters. The molecule has 90 valence electrons. The first kappa shape index (κ1) is 13.6. The van der Waals surface area contributed by atoms with E-state index < -0.39 is 0 Å². The van der Waals surface area contributed by atoms with Gasteiger partial charge < -0.3 is 5.73 Å². The lowest BCUT2D eigenvalue weighted by Crippen LogP contribution is -2.26. The molecule has 0 amide bonds. The number of rotatable bonds is 5. The minimum Gasteiger partial charge on any atom is -0.327 e. The van der Waals surface area contributed by atoms with Crippen LogP contribution in [0.4, 0.5) is 0 Å². The van der Waals surface area contributed by atoms with E-state index in [9.17, 15) is 0 Å². The van der Waals surface area contributed by atoms with Gasteiger partial charge in [-0.05, 0) is 42.2 Å². The molecule has 1 aromatic carbocycles. The highest BCUT2D eigenvalue weighted by atomic mass is 32.2. The van der Waals surface area contributed by atoms with Crippen LogP contribution in [0.5, 0.6) is 0 Å². The molecule has 1 nitrogen and oxygen atoms in total. The lowest BCUT2D eigenvalue weighted by Gasteiger charge is -2.13. The van der Waals surface area contributed by atoms with Crippen LogP contribution in [0.25, 0.3) is 0 Å². The van der Waals surface area contributed by atoms with Crippen LogP contribution >= 0.6 is 11.8 Å². The van der Waals surface area contributed by atoms with Gasteiger partial charge in [0.2, 0.25) is 0 Å². The highest BCUT2D eigenvalue weighted by molar-refractivity contribution is 7.99. The third kappa shape index (κ3) is 4.58. The van der Waals surface area contributed by atoms with Crippen molar-refractivity contribution in [3.8, 4) is 0 Å². The molecule has 0 aliphatic carbocycles. The molecule has 0 aromatic heterocycles. The van der Waals surface area contributed by atoms with E-state index in [-0.39, 0.29) is 6.04 Å². The highest BCUT2D eigenvalue weighted by Gasteiger charge is 2.06. The Kier molecular flexibility index (Phi) is 5.36. The molecule has 0 bridgehead atoms. The van der Waals surface area contributed by atoms with Gasteiger partial charge in [-0.3, -0.25) is 0 Å². The normalized spacial score (nSPS) is 13.1. The Hall–Kier alpha value is -0.470. The van der Waals surface area contributed by atoms with Crippen molar-refractivity contribution in [1.82, 2.24) is 0 Å². The van der Waals surface area contributed by atoms with Gasteiger partial charge in [0.05, 0.1) is 0 Å². The maximum absolute atomic E-state index is 6.12. The Balaban J connectivity index is 2.49. The van der Waals surface area contributed by atoms with E-state index >= 15 is 0 Å². The Morgan fingerprint density at radius 3 is 2.44 bits per heavy atom. The molecule has 2 heteroatoms. The monoisotopic (exact) mass is 237 g/mol. The molecule has 0 spiro atoms. The quantitative estimate of drug-likeness (QED) is 0.850. The first-order valence-electron chi connectivity index (χ1n) is 5.92. The molecule has 0 fully saturated rings. The number of nitrogens with two attached hydrogens (primary N) is 1. The van der Waals surface area contributed by atoms with Crippen molar-refractivity contribution >= 4 is 11.8 Å². The van der Waals surface area contributed by atoms with E-state index in [0.29, 0.717) is 5.25 Å². The second-order valence-corrected chi connectivity index (χ2v) is 6.37. The van der Waals surface area contributed by atoms with Crippen LogP contribution in [-0.2, 0) is 6.42 Å². The fraction of sp³-hybridized carbons (Fsp3) is 0.571. The topological polar surface area (TPSA) is 26.0 Å². The van der Waals surface area contributed by atoms with Crippen molar-refractivity contribution in [3.63, 3.8) is 0 Å². The van der Waals surface area contributed by atoms with Gasteiger partial charge >= 0.3 is 0 Å². The molecule has 0 heterocycles. The molecular weight excluding hydrogens is 214 g/mol. The highest BCUT2D eigenvalue weighted by Crippen LogP contribution is 2.14. The van der Waals surface area contributed by atoms with Crippen LogP contribution in [0.15, 0.2) is 18.2 Å². The lowest BCUT2D eigenvalue weighted by atomic mass is 10.0. The van der Waals surface area contributed by atoms with Gasteiger partial charge in [0.25, 0.3) is 0 Å². The fourth-order valence-corrected chi connectivity index (χ4v) is 2.36. The van der Waals surface area contributed by atoms with Gasteiger partial charge in [0, 0.05) is 11.8 Å². The summed E-state index contributed by atoms with van der Waals surface area (Å²) in [5.41, 5.74) is 10.2. The summed E-state index contributed by atoms with van der Waals surface area (Å²) in [4.78, 5) is 0. The number of hydrogen-bond donors (Lipinski definition) is 1. The zero-order chi connectivity index (χ0) is 12.1. The summed E-state index contributed by atoms with van der Waals surface area (Å²) >= 11 is 1.94. The summed E-state index contributed by atoms with van der Waals surface area (Å²) in [6.07, 6.45) is 0.987. The van der Waals surface area contributed by atoms with Crippen molar-refractivity contribution in [2.24, 2.45) is 5.73 Å². The van der Waals surface area contributed by atoms with Crippen molar-refractivity contribution in [1.29, 1.82) is 0 Å². The predicted molar refractivity (Wildman–Crippen MR) is 75.2 cm³/mol. The molecule has 16 heavy (non-hydrogen) atoms. The maximum atomic E-state index is 6.12. The molecule has 0 aliphatic heterocycles. The second kappa shape index (κ2) is 6.31. The average molecular weight is 237 g/mol. The van der Waals surface area contributed by atoms with E-state index in [1.807, 2.05) is 11.8 Å². The van der Waals surface area contributed by atoms with Crippen molar-refractivity contribution < 1.29 is 0 Å². The minimum absolute atomic E-state index is 0.273. The summed E-state index contributed by atoms with van der Waals surface area (Å²) in [7, 11) is 0. The largest absolute Gasteiger partial charge is 0.327 e. The van der Waals surface area contributed by atoms with Crippen LogP contribution in [0, 0.1) is 13.8 Å². The zero-order valence-electron chi connectivity index (χ0n) is 10.8. The second-order valence-electron chi connectivity index (χ2n) is 4.76. The first-order valence-corrected chi connectivity index (χ1v) is 6.97. The SMILES string of the molecule is Cc1ccc(CC(N)CSC(C)C)cc1C. The van der Waals surface area contributed by atoms with E-state index in [2.05, 4.69) is 45.9 Å². The van der Waals surface area contributed by atoms with Crippen molar-refractivity contribution in [2.75, 3.05) is 5.75 Å². The fourth-order valence-electron chi connectivity index (χ4n) is 1.61. The number of hydrogen-bond acceptors (Lipinski definition) is 2. The van der Waals surface area contributed by atoms with Crippen LogP contribution < -0.4 is 5.73 Å². The molecule has 1 aromatic rings. The number of thioether (sulfide) groups is 1. The Labute approximate surface area is 104 Å². The van der Waals surface area contributed by atoms with E-state index in [1.165, 1.54) is 16.7 Å². The van der Waals surface area contributed by atoms with Crippen molar-refractivity contribution in [2.45, 2.75) is 45.4 Å². The smallest absolute Gasteiger partial charge is 0.0171 e. The maximum Gasteiger partial charge on any atom is 0.0171 e. The van der Waals surface area contributed by atoms with Crippen LogP contribution in [0.3, 0.4) is 0 Å². The lowest BCUT2D eigenvalue weighted by molar-refractivity contribution is 0.746. The summed E-state index contributed by atoms with van der Waals surface area (Å²) < 4.78 is 0. The van der Waals surface area contributed by atoms with Crippen LogP contribution in [0.1, 0.15) is 30.5 Å². The third-order valence-electron chi connectivity index (χ3n) is 2.71. The third-order valence-corrected chi connectivity index (χ3v) is 4.00. The van der Waals surface area contributed by atoms with Crippen LogP contribution in [-0.4, -0.2) is 17.0 Å². The summed E-state index contributed by atoms with van der Waals surface area (Å²) in [5, 5.41) is 0.672. The van der Waals surface area contributed by atoms with Gasteiger partial charge in [0.15, 0.2) is 0 Å². The molecule has 2 N–H and O–H groups in total. The van der Waals surface area contributed by atoms with E-state index in [4.69, 9.17) is 5.73 Å². The van der Waals surface area contributed by atoms with E-state index in [1.54, 1.807) is 0 Å². The molecule has 1 rings (SSSR count). The predicted octanol–water partition coefficient (Wildman–Crippen LogP) is 3.31. The Bertz CT molecular complexity index is 334. The molecular formula is C14H23NS. The van der Waals surface area contributed by atoms with Gasteiger partial charge in [0.1, 0.15) is 0 Å². The molecule has 0 saturated carbocycles. The molecule has 1 atom stereocenters. The molecule has 0 aliphatic rings. The average Bonchev–Trinajstić information content (AvgIpc) is 2.21. The minimum atomic E-state index is 0.273.